The van der Waals surface area contributed by atoms with Gasteiger partial charge in [-0.25, -0.2) is 4.79 Å². The van der Waals surface area contributed by atoms with Gasteiger partial charge in [0.05, 0.1) is 0 Å². The Balaban J connectivity index is 1.48. The largest absolute Gasteiger partial charge is 0.335 e. The minimum atomic E-state index is 0.0587. The standard InChI is InChI=1S/C12H21N3O/c16-12(13-9-3-1-4-9)14-10-6-8-15-7-2-5-11(10)15/h9-11H,1-8H2,(H2,13,14,16). The average Bonchev–Trinajstić information content (AvgIpc) is 2.76. The fourth-order valence-corrected chi connectivity index (χ4v) is 3.20. The molecule has 4 nitrogen and oxygen atoms in total. The molecular weight excluding hydrogens is 202 g/mol. The molecule has 0 aromatic heterocycles. The van der Waals surface area contributed by atoms with Crippen molar-refractivity contribution in [3.63, 3.8) is 0 Å². The summed E-state index contributed by atoms with van der Waals surface area (Å²) >= 11 is 0. The van der Waals surface area contributed by atoms with Gasteiger partial charge in [0.25, 0.3) is 0 Å². The Hall–Kier alpha value is -0.770. The number of nitrogens with one attached hydrogen (secondary N) is 2. The zero-order valence-electron chi connectivity index (χ0n) is 9.74. The van der Waals surface area contributed by atoms with Crippen LogP contribution in [0.1, 0.15) is 38.5 Å². The molecule has 2 heterocycles. The molecule has 0 aromatic rings. The van der Waals surface area contributed by atoms with Crippen LogP contribution < -0.4 is 10.6 Å². The highest BCUT2D eigenvalue weighted by Gasteiger charge is 2.38. The molecule has 0 bridgehead atoms. The van der Waals surface area contributed by atoms with Crippen LogP contribution in [0.3, 0.4) is 0 Å². The van der Waals surface area contributed by atoms with E-state index in [1.54, 1.807) is 0 Å². The van der Waals surface area contributed by atoms with Crippen molar-refractivity contribution < 1.29 is 4.79 Å². The van der Waals surface area contributed by atoms with Crippen molar-refractivity contribution >= 4 is 6.03 Å². The highest BCUT2D eigenvalue weighted by molar-refractivity contribution is 5.74. The van der Waals surface area contributed by atoms with Crippen molar-refractivity contribution in [3.8, 4) is 0 Å². The van der Waals surface area contributed by atoms with Crippen molar-refractivity contribution in [1.29, 1.82) is 0 Å². The molecule has 2 aliphatic heterocycles. The normalized spacial score (nSPS) is 34.5. The molecule has 2 saturated heterocycles. The number of carbonyl (C=O) groups excluding carboxylic acids is 1. The third-order valence-corrected chi connectivity index (χ3v) is 4.36. The van der Waals surface area contributed by atoms with Crippen LogP contribution in [-0.2, 0) is 0 Å². The summed E-state index contributed by atoms with van der Waals surface area (Å²) in [7, 11) is 0. The van der Waals surface area contributed by atoms with E-state index in [0.29, 0.717) is 18.1 Å². The Morgan fingerprint density at radius 3 is 2.62 bits per heavy atom. The van der Waals surface area contributed by atoms with E-state index in [1.165, 1.54) is 32.4 Å². The molecule has 1 aliphatic carbocycles. The monoisotopic (exact) mass is 223 g/mol. The zero-order valence-corrected chi connectivity index (χ0v) is 9.74. The van der Waals surface area contributed by atoms with Crippen LogP contribution in [0, 0.1) is 0 Å². The van der Waals surface area contributed by atoms with Gasteiger partial charge < -0.3 is 10.6 Å². The number of rotatable bonds is 2. The predicted molar refractivity (Wildman–Crippen MR) is 62.3 cm³/mol. The average molecular weight is 223 g/mol. The molecular formula is C12H21N3O. The number of hydrogen-bond acceptors (Lipinski definition) is 2. The highest BCUT2D eigenvalue weighted by atomic mass is 16.2. The SMILES string of the molecule is O=C(NC1CCC1)NC1CCN2CCCC12. The Morgan fingerprint density at radius 2 is 1.88 bits per heavy atom. The molecule has 0 radical (unpaired) electrons. The molecule has 4 heteroatoms. The van der Waals surface area contributed by atoms with Gasteiger partial charge in [-0.15, -0.1) is 0 Å². The number of carbonyl (C=O) groups is 1. The van der Waals surface area contributed by atoms with Gasteiger partial charge in [0, 0.05) is 24.7 Å². The summed E-state index contributed by atoms with van der Waals surface area (Å²) in [6.07, 6.45) is 7.27. The quantitative estimate of drug-likeness (QED) is 0.735. The first-order valence-electron chi connectivity index (χ1n) is 6.64. The Kier molecular flexibility index (Phi) is 2.75. The first-order chi connectivity index (χ1) is 7.83. The summed E-state index contributed by atoms with van der Waals surface area (Å²) in [6, 6.07) is 1.51. The first-order valence-corrected chi connectivity index (χ1v) is 6.64. The van der Waals surface area contributed by atoms with Gasteiger partial charge in [-0.3, -0.25) is 4.90 Å². The molecule has 2 amide bonds. The number of urea groups is 1. The molecule has 2 atom stereocenters. The van der Waals surface area contributed by atoms with E-state index in [2.05, 4.69) is 15.5 Å². The van der Waals surface area contributed by atoms with Crippen LogP contribution in [0.2, 0.25) is 0 Å². The van der Waals surface area contributed by atoms with Gasteiger partial charge in [0.2, 0.25) is 0 Å². The minimum absolute atomic E-state index is 0.0587. The van der Waals surface area contributed by atoms with E-state index >= 15 is 0 Å². The van der Waals surface area contributed by atoms with Crippen LogP contribution in [-0.4, -0.2) is 42.1 Å². The maximum atomic E-state index is 11.8. The highest BCUT2D eigenvalue weighted by Crippen LogP contribution is 2.27. The number of fused-ring (bicyclic) bond motifs is 1. The van der Waals surface area contributed by atoms with Crippen molar-refractivity contribution in [1.82, 2.24) is 15.5 Å². The second-order valence-corrected chi connectivity index (χ2v) is 5.39. The molecule has 2 N–H and O–H groups in total. The second-order valence-electron chi connectivity index (χ2n) is 5.39. The van der Waals surface area contributed by atoms with Gasteiger partial charge in [0.15, 0.2) is 0 Å². The summed E-state index contributed by atoms with van der Waals surface area (Å²) in [4.78, 5) is 14.3. The number of nitrogens with zero attached hydrogens (tertiary/aromatic N) is 1. The van der Waals surface area contributed by atoms with Crippen molar-refractivity contribution in [2.45, 2.75) is 56.7 Å². The van der Waals surface area contributed by atoms with Gasteiger partial charge >= 0.3 is 6.03 Å². The topological polar surface area (TPSA) is 44.4 Å². The smallest absolute Gasteiger partial charge is 0.315 e. The molecule has 3 fully saturated rings. The fraction of sp³-hybridized carbons (Fsp3) is 0.917. The third-order valence-electron chi connectivity index (χ3n) is 4.36. The molecule has 3 aliphatic rings. The van der Waals surface area contributed by atoms with Crippen LogP contribution in [0.25, 0.3) is 0 Å². The molecule has 1 saturated carbocycles. The van der Waals surface area contributed by atoms with Crippen molar-refractivity contribution in [3.05, 3.63) is 0 Å². The first kappa shape index (κ1) is 10.4. The summed E-state index contributed by atoms with van der Waals surface area (Å²) in [5.41, 5.74) is 0. The van der Waals surface area contributed by atoms with Crippen molar-refractivity contribution in [2.75, 3.05) is 13.1 Å². The third kappa shape index (κ3) is 1.90. The van der Waals surface area contributed by atoms with Gasteiger partial charge in [-0.1, -0.05) is 0 Å². The lowest BCUT2D eigenvalue weighted by Gasteiger charge is -2.28. The summed E-state index contributed by atoms with van der Waals surface area (Å²) in [5, 5.41) is 6.21. The molecule has 90 valence electrons. The molecule has 16 heavy (non-hydrogen) atoms. The lowest BCUT2D eigenvalue weighted by molar-refractivity contribution is 0.220. The van der Waals surface area contributed by atoms with Gasteiger partial charge in [-0.2, -0.15) is 0 Å². The van der Waals surface area contributed by atoms with Gasteiger partial charge in [-0.05, 0) is 45.1 Å². The number of amides is 2. The molecule has 0 aromatic carbocycles. The van der Waals surface area contributed by atoms with E-state index in [-0.39, 0.29) is 6.03 Å². The van der Waals surface area contributed by atoms with Crippen LogP contribution in [0.5, 0.6) is 0 Å². The van der Waals surface area contributed by atoms with Crippen LogP contribution >= 0.6 is 0 Å². The Bertz CT molecular complexity index is 277. The molecule has 3 rings (SSSR count). The van der Waals surface area contributed by atoms with Crippen molar-refractivity contribution in [2.24, 2.45) is 0 Å². The zero-order chi connectivity index (χ0) is 11.0. The lowest BCUT2D eigenvalue weighted by Crippen LogP contribution is -2.50. The predicted octanol–water partition coefficient (Wildman–Crippen LogP) is 1.07. The van der Waals surface area contributed by atoms with E-state index in [4.69, 9.17) is 0 Å². The summed E-state index contributed by atoms with van der Waals surface area (Å²) in [6.45, 7) is 2.39. The maximum Gasteiger partial charge on any atom is 0.315 e. The fourth-order valence-electron chi connectivity index (χ4n) is 3.20. The lowest BCUT2D eigenvalue weighted by atomic mass is 9.93. The molecule has 0 spiro atoms. The Labute approximate surface area is 96.8 Å². The van der Waals surface area contributed by atoms with Gasteiger partial charge in [0.1, 0.15) is 0 Å². The van der Waals surface area contributed by atoms with E-state index < -0.39 is 0 Å². The second kappa shape index (κ2) is 4.24. The van der Waals surface area contributed by atoms with Crippen LogP contribution in [0.4, 0.5) is 4.79 Å². The summed E-state index contributed by atoms with van der Waals surface area (Å²) < 4.78 is 0. The van der Waals surface area contributed by atoms with E-state index in [9.17, 15) is 4.79 Å². The number of hydrogen-bond donors (Lipinski definition) is 2. The van der Waals surface area contributed by atoms with E-state index in [0.717, 1.165) is 19.3 Å². The summed E-state index contributed by atoms with van der Waals surface area (Å²) in [5.74, 6) is 0. The van der Waals surface area contributed by atoms with Crippen LogP contribution in [0.15, 0.2) is 0 Å². The minimum Gasteiger partial charge on any atom is -0.335 e. The Morgan fingerprint density at radius 1 is 1.00 bits per heavy atom. The maximum absolute atomic E-state index is 11.8. The molecule has 2 unspecified atom stereocenters. The van der Waals surface area contributed by atoms with E-state index in [1.807, 2.05) is 0 Å².